The number of rotatable bonds is 4. The van der Waals surface area contributed by atoms with Crippen LogP contribution in [0.5, 0.6) is 0 Å². The highest BCUT2D eigenvalue weighted by Gasteiger charge is 2.53. The van der Waals surface area contributed by atoms with Gasteiger partial charge in [0, 0.05) is 24.5 Å². The van der Waals surface area contributed by atoms with E-state index in [1.165, 1.54) is 16.2 Å². The molecule has 4 amide bonds. The number of para-hydroxylation sites is 1. The molecule has 0 radical (unpaired) electrons. The summed E-state index contributed by atoms with van der Waals surface area (Å²) >= 11 is 1.32. The first-order chi connectivity index (χ1) is 15.4. The van der Waals surface area contributed by atoms with Crippen molar-refractivity contribution in [2.24, 2.45) is 0 Å². The molecule has 9 nitrogen and oxygen atoms in total. The van der Waals surface area contributed by atoms with Gasteiger partial charge in [-0.15, -0.1) is 11.3 Å². The first-order valence-corrected chi connectivity index (χ1v) is 11.5. The number of fused-ring (bicyclic) bond motifs is 3. The third-order valence-corrected chi connectivity index (χ3v) is 7.27. The van der Waals surface area contributed by atoms with Crippen LogP contribution in [0, 0.1) is 0 Å². The molecular formula is C22H23N5O4S. The van der Waals surface area contributed by atoms with E-state index in [0.717, 1.165) is 0 Å². The summed E-state index contributed by atoms with van der Waals surface area (Å²) in [5.41, 5.74) is 0.0943. The SMILES string of the molecule is CC12CCC(=O)N1c1ccccc1C(=O)N2CC(=O)N1CCCC1C(=O)Nc1nccs1. The predicted molar refractivity (Wildman–Crippen MR) is 118 cm³/mol. The summed E-state index contributed by atoms with van der Waals surface area (Å²) in [6.45, 7) is 2.09. The van der Waals surface area contributed by atoms with Crippen molar-refractivity contribution < 1.29 is 19.2 Å². The lowest BCUT2D eigenvalue weighted by atomic mass is 9.98. The van der Waals surface area contributed by atoms with Gasteiger partial charge < -0.3 is 15.1 Å². The molecule has 0 bridgehead atoms. The van der Waals surface area contributed by atoms with Crippen molar-refractivity contribution in [1.82, 2.24) is 14.8 Å². The summed E-state index contributed by atoms with van der Waals surface area (Å²) in [4.78, 5) is 60.9. The number of thiazole rings is 1. The number of amides is 4. The van der Waals surface area contributed by atoms with Crippen LogP contribution in [0.25, 0.3) is 0 Å². The molecule has 5 rings (SSSR count). The zero-order valence-electron chi connectivity index (χ0n) is 17.6. The Labute approximate surface area is 189 Å². The van der Waals surface area contributed by atoms with Gasteiger partial charge in [0.1, 0.15) is 18.2 Å². The van der Waals surface area contributed by atoms with Crippen molar-refractivity contribution in [3.05, 3.63) is 41.4 Å². The van der Waals surface area contributed by atoms with E-state index in [0.29, 0.717) is 48.6 Å². The van der Waals surface area contributed by atoms with E-state index >= 15 is 0 Å². The predicted octanol–water partition coefficient (Wildman–Crippen LogP) is 2.07. The van der Waals surface area contributed by atoms with Gasteiger partial charge in [0.25, 0.3) is 5.91 Å². The number of nitrogens with zero attached hydrogens (tertiary/aromatic N) is 4. The molecule has 0 aliphatic carbocycles. The second-order valence-electron chi connectivity index (χ2n) is 8.43. The highest BCUT2D eigenvalue weighted by molar-refractivity contribution is 7.13. The van der Waals surface area contributed by atoms with Crippen molar-refractivity contribution in [1.29, 1.82) is 0 Å². The molecule has 10 heteroatoms. The molecule has 3 aliphatic heterocycles. The average Bonchev–Trinajstić information content (AvgIpc) is 3.52. The van der Waals surface area contributed by atoms with Crippen molar-refractivity contribution in [2.75, 3.05) is 23.3 Å². The van der Waals surface area contributed by atoms with Gasteiger partial charge in [0.15, 0.2) is 5.13 Å². The second kappa shape index (κ2) is 7.70. The molecule has 1 aromatic carbocycles. The lowest BCUT2D eigenvalue weighted by Crippen LogP contribution is -2.64. The summed E-state index contributed by atoms with van der Waals surface area (Å²) in [6.07, 6.45) is 3.63. The fraction of sp³-hybridized carbons (Fsp3) is 0.409. The van der Waals surface area contributed by atoms with Crippen LogP contribution < -0.4 is 10.2 Å². The normalized spacial score (nSPS) is 24.5. The smallest absolute Gasteiger partial charge is 0.258 e. The first kappa shape index (κ1) is 20.6. The number of carbonyl (C=O) groups excluding carboxylic acids is 4. The lowest BCUT2D eigenvalue weighted by Gasteiger charge is -2.48. The van der Waals surface area contributed by atoms with Crippen molar-refractivity contribution in [3.8, 4) is 0 Å². The molecule has 0 spiro atoms. The number of hydrogen-bond acceptors (Lipinski definition) is 6. The summed E-state index contributed by atoms with van der Waals surface area (Å²) in [5.74, 6) is -0.905. The van der Waals surface area contributed by atoms with Crippen LogP contribution in [0.1, 0.15) is 43.0 Å². The molecule has 2 atom stereocenters. The minimum Gasteiger partial charge on any atom is -0.329 e. The molecule has 166 valence electrons. The van der Waals surface area contributed by atoms with Gasteiger partial charge in [0.05, 0.1) is 11.3 Å². The standard InChI is InChI=1S/C22H23N5O4S/c1-22-9-8-17(28)27(22)15-6-3-2-5-14(15)20(31)26(22)13-18(29)25-11-4-7-16(25)19(30)24-21-23-10-12-32-21/h2-3,5-6,10,12,16H,4,7-9,11,13H2,1H3,(H,23,24,30). The van der Waals surface area contributed by atoms with E-state index in [-0.39, 0.29) is 30.2 Å². The van der Waals surface area contributed by atoms with Crippen LogP contribution in [-0.4, -0.2) is 63.2 Å². The van der Waals surface area contributed by atoms with Crippen molar-refractivity contribution >= 4 is 45.8 Å². The maximum absolute atomic E-state index is 13.4. The highest BCUT2D eigenvalue weighted by atomic mass is 32.1. The molecule has 2 saturated heterocycles. The molecule has 32 heavy (non-hydrogen) atoms. The lowest BCUT2D eigenvalue weighted by molar-refractivity contribution is -0.138. The Balaban J connectivity index is 1.39. The molecule has 3 aliphatic rings. The maximum Gasteiger partial charge on any atom is 0.258 e. The van der Waals surface area contributed by atoms with Crippen LogP contribution >= 0.6 is 11.3 Å². The summed E-state index contributed by atoms with van der Waals surface area (Å²) < 4.78 is 0. The van der Waals surface area contributed by atoms with Crippen LogP contribution in [0.15, 0.2) is 35.8 Å². The zero-order valence-corrected chi connectivity index (χ0v) is 18.4. The van der Waals surface area contributed by atoms with Crippen LogP contribution in [0.2, 0.25) is 0 Å². The average molecular weight is 454 g/mol. The maximum atomic E-state index is 13.4. The number of hydrogen-bond donors (Lipinski definition) is 1. The van der Waals surface area contributed by atoms with Crippen LogP contribution in [0.4, 0.5) is 10.8 Å². The van der Waals surface area contributed by atoms with Gasteiger partial charge in [-0.2, -0.15) is 0 Å². The van der Waals surface area contributed by atoms with E-state index in [9.17, 15) is 19.2 Å². The van der Waals surface area contributed by atoms with E-state index in [2.05, 4.69) is 10.3 Å². The number of carbonyl (C=O) groups is 4. The highest BCUT2D eigenvalue weighted by Crippen LogP contribution is 2.44. The minimum atomic E-state index is -0.906. The van der Waals surface area contributed by atoms with Gasteiger partial charge >= 0.3 is 0 Å². The van der Waals surface area contributed by atoms with E-state index in [1.807, 2.05) is 6.92 Å². The van der Waals surface area contributed by atoms with Crippen molar-refractivity contribution in [3.63, 3.8) is 0 Å². The molecule has 2 fully saturated rings. The number of nitrogens with one attached hydrogen (secondary N) is 1. The van der Waals surface area contributed by atoms with E-state index in [4.69, 9.17) is 0 Å². The third-order valence-electron chi connectivity index (χ3n) is 6.58. The molecule has 2 aromatic rings. The molecular weight excluding hydrogens is 430 g/mol. The summed E-state index contributed by atoms with van der Waals surface area (Å²) in [6, 6.07) is 6.40. The number of benzene rings is 1. The quantitative estimate of drug-likeness (QED) is 0.764. The fourth-order valence-corrected chi connectivity index (χ4v) is 5.51. The van der Waals surface area contributed by atoms with Crippen LogP contribution in [0.3, 0.4) is 0 Å². The Bertz CT molecular complexity index is 1100. The Morgan fingerprint density at radius 1 is 1.28 bits per heavy atom. The Morgan fingerprint density at radius 2 is 2.09 bits per heavy atom. The van der Waals surface area contributed by atoms with E-state index in [1.54, 1.807) is 45.6 Å². The number of aromatic nitrogens is 1. The second-order valence-corrected chi connectivity index (χ2v) is 9.32. The summed E-state index contributed by atoms with van der Waals surface area (Å²) in [7, 11) is 0. The molecule has 0 saturated carbocycles. The molecule has 4 heterocycles. The van der Waals surface area contributed by atoms with E-state index < -0.39 is 11.7 Å². The monoisotopic (exact) mass is 453 g/mol. The number of anilines is 2. The van der Waals surface area contributed by atoms with Crippen molar-refractivity contribution in [2.45, 2.75) is 44.3 Å². The fourth-order valence-electron chi connectivity index (χ4n) is 4.98. The van der Waals surface area contributed by atoms with Crippen LogP contribution in [-0.2, 0) is 14.4 Å². The Hall–Kier alpha value is -3.27. The largest absolute Gasteiger partial charge is 0.329 e. The van der Waals surface area contributed by atoms with Gasteiger partial charge in [-0.1, -0.05) is 12.1 Å². The van der Waals surface area contributed by atoms with Gasteiger partial charge in [-0.05, 0) is 38.3 Å². The summed E-state index contributed by atoms with van der Waals surface area (Å²) in [5, 5.41) is 5.02. The Kier molecular flexibility index (Phi) is 4.96. The van der Waals surface area contributed by atoms with Gasteiger partial charge in [0.2, 0.25) is 17.7 Å². The number of likely N-dealkylation sites (tertiary alicyclic amines) is 1. The Morgan fingerprint density at radius 3 is 2.88 bits per heavy atom. The molecule has 1 aromatic heterocycles. The topological polar surface area (TPSA) is 103 Å². The van der Waals surface area contributed by atoms with Gasteiger partial charge in [-0.25, -0.2) is 4.98 Å². The molecule has 2 unspecified atom stereocenters. The van der Waals surface area contributed by atoms with Gasteiger partial charge in [-0.3, -0.25) is 24.1 Å². The molecule has 1 N–H and O–H groups in total. The third kappa shape index (κ3) is 3.17. The minimum absolute atomic E-state index is 0.0632. The zero-order chi connectivity index (χ0) is 22.5. The first-order valence-electron chi connectivity index (χ1n) is 10.6.